The number of hydrogen-bond donors (Lipinski definition) is 2. The summed E-state index contributed by atoms with van der Waals surface area (Å²) in [6.07, 6.45) is 6.98. The zero-order valence-electron chi connectivity index (χ0n) is 17.3. The highest BCUT2D eigenvalue weighted by Gasteiger charge is 2.13. The second-order valence-corrected chi connectivity index (χ2v) is 8.30. The maximum absolute atomic E-state index is 12.6. The van der Waals surface area contributed by atoms with E-state index in [-0.39, 0.29) is 5.91 Å². The predicted molar refractivity (Wildman–Crippen MR) is 126 cm³/mol. The maximum atomic E-state index is 12.6. The summed E-state index contributed by atoms with van der Waals surface area (Å²) in [5, 5.41) is 6.85. The average Bonchev–Trinajstić information content (AvgIpc) is 3.54. The lowest BCUT2D eigenvalue weighted by atomic mass is 10.2. The van der Waals surface area contributed by atoms with Crippen molar-refractivity contribution in [2.45, 2.75) is 0 Å². The second kappa shape index (κ2) is 9.21. The summed E-state index contributed by atoms with van der Waals surface area (Å²) in [6.45, 7) is 3.26. The standard InChI is InChI=1S/C23H22N6O2S/c30-22(26-17-1-5-19(6-2-17)28-11-13-31-14-12-28)21-15-25-23(32-21)27-18-3-7-20(8-4-18)29-10-9-24-16-29/h1-10,15-16H,11-14H2,(H,25,27)(H,26,30). The number of benzene rings is 2. The number of carbonyl (C=O) groups excluding carboxylic acids is 1. The summed E-state index contributed by atoms with van der Waals surface area (Å²) in [5.41, 5.74) is 3.81. The Morgan fingerprint density at radius 1 is 0.969 bits per heavy atom. The van der Waals surface area contributed by atoms with E-state index < -0.39 is 0 Å². The van der Waals surface area contributed by atoms with Crippen LogP contribution in [0.3, 0.4) is 0 Å². The number of aromatic nitrogens is 3. The van der Waals surface area contributed by atoms with Crippen LogP contribution in [0.1, 0.15) is 9.67 Å². The summed E-state index contributed by atoms with van der Waals surface area (Å²) in [5.74, 6) is -0.176. The van der Waals surface area contributed by atoms with Gasteiger partial charge in [-0.3, -0.25) is 4.79 Å². The summed E-state index contributed by atoms with van der Waals surface area (Å²) >= 11 is 1.31. The lowest BCUT2D eigenvalue weighted by Gasteiger charge is -2.28. The molecule has 162 valence electrons. The van der Waals surface area contributed by atoms with Gasteiger partial charge in [0.05, 0.1) is 25.7 Å². The molecule has 0 atom stereocenters. The van der Waals surface area contributed by atoms with E-state index >= 15 is 0 Å². The van der Waals surface area contributed by atoms with Crippen molar-refractivity contribution in [1.82, 2.24) is 14.5 Å². The summed E-state index contributed by atoms with van der Waals surface area (Å²) in [7, 11) is 0. The van der Waals surface area contributed by atoms with Crippen molar-refractivity contribution in [3.05, 3.63) is 78.3 Å². The van der Waals surface area contributed by atoms with Crippen LogP contribution in [0.5, 0.6) is 0 Å². The van der Waals surface area contributed by atoms with Crippen LogP contribution in [0.2, 0.25) is 0 Å². The highest BCUT2D eigenvalue weighted by Crippen LogP contribution is 2.25. The molecule has 32 heavy (non-hydrogen) atoms. The van der Waals surface area contributed by atoms with Gasteiger partial charge in [-0.2, -0.15) is 0 Å². The van der Waals surface area contributed by atoms with E-state index in [1.807, 2.05) is 59.3 Å². The third kappa shape index (κ3) is 4.63. The third-order valence-electron chi connectivity index (χ3n) is 5.15. The van der Waals surface area contributed by atoms with E-state index in [1.54, 1.807) is 18.7 Å². The maximum Gasteiger partial charge on any atom is 0.267 e. The number of rotatable bonds is 6. The quantitative estimate of drug-likeness (QED) is 0.463. The Bertz CT molecular complexity index is 1170. The van der Waals surface area contributed by atoms with E-state index in [4.69, 9.17) is 4.74 Å². The SMILES string of the molecule is O=C(Nc1ccc(N2CCOCC2)cc1)c1cnc(Nc2ccc(-n3ccnc3)cc2)s1. The Morgan fingerprint density at radius 2 is 1.69 bits per heavy atom. The van der Waals surface area contributed by atoms with Gasteiger partial charge < -0.3 is 24.8 Å². The zero-order chi connectivity index (χ0) is 21.8. The normalized spacial score (nSPS) is 13.7. The van der Waals surface area contributed by atoms with Crippen LogP contribution in [0.4, 0.5) is 22.2 Å². The molecule has 0 saturated carbocycles. The van der Waals surface area contributed by atoms with Gasteiger partial charge in [0, 0.05) is 48.2 Å². The van der Waals surface area contributed by atoms with Crippen molar-refractivity contribution in [2.24, 2.45) is 0 Å². The van der Waals surface area contributed by atoms with E-state index in [0.29, 0.717) is 10.0 Å². The number of thiazole rings is 1. The lowest BCUT2D eigenvalue weighted by Crippen LogP contribution is -2.36. The molecule has 0 bridgehead atoms. The molecule has 0 aliphatic carbocycles. The summed E-state index contributed by atoms with van der Waals surface area (Å²) < 4.78 is 7.33. The molecule has 9 heteroatoms. The predicted octanol–water partition coefficient (Wildman–Crippen LogP) is 4.16. The number of carbonyl (C=O) groups is 1. The van der Waals surface area contributed by atoms with Crippen molar-refractivity contribution >= 4 is 39.4 Å². The first-order valence-corrected chi connectivity index (χ1v) is 11.1. The monoisotopic (exact) mass is 446 g/mol. The van der Waals surface area contributed by atoms with Crippen LogP contribution >= 0.6 is 11.3 Å². The topological polar surface area (TPSA) is 84.3 Å². The molecule has 2 aromatic heterocycles. The largest absolute Gasteiger partial charge is 0.378 e. The van der Waals surface area contributed by atoms with Gasteiger partial charge in [-0.25, -0.2) is 9.97 Å². The van der Waals surface area contributed by atoms with Crippen LogP contribution in [0, 0.1) is 0 Å². The lowest BCUT2D eigenvalue weighted by molar-refractivity contribution is 0.103. The highest BCUT2D eigenvalue weighted by molar-refractivity contribution is 7.17. The smallest absolute Gasteiger partial charge is 0.267 e. The minimum atomic E-state index is -0.176. The molecule has 1 fully saturated rings. The van der Waals surface area contributed by atoms with Crippen molar-refractivity contribution < 1.29 is 9.53 Å². The van der Waals surface area contributed by atoms with Gasteiger partial charge in [0.1, 0.15) is 4.88 Å². The zero-order valence-corrected chi connectivity index (χ0v) is 18.1. The Balaban J connectivity index is 1.19. The molecule has 0 spiro atoms. The van der Waals surface area contributed by atoms with Crippen LogP contribution < -0.4 is 15.5 Å². The van der Waals surface area contributed by atoms with Crippen molar-refractivity contribution in [1.29, 1.82) is 0 Å². The molecule has 3 heterocycles. The van der Waals surface area contributed by atoms with Crippen molar-refractivity contribution in [3.63, 3.8) is 0 Å². The molecule has 1 aliphatic rings. The number of amides is 1. The molecule has 1 aliphatic heterocycles. The molecule has 0 unspecified atom stereocenters. The molecular weight excluding hydrogens is 424 g/mol. The number of imidazole rings is 1. The Morgan fingerprint density at radius 3 is 2.41 bits per heavy atom. The van der Waals surface area contributed by atoms with Crippen molar-refractivity contribution in [3.8, 4) is 5.69 Å². The molecule has 1 amide bonds. The molecule has 8 nitrogen and oxygen atoms in total. The molecule has 2 aromatic carbocycles. The minimum Gasteiger partial charge on any atom is -0.378 e. The molecular formula is C23H22N6O2S. The number of nitrogens with zero attached hydrogens (tertiary/aromatic N) is 4. The number of ether oxygens (including phenoxy) is 1. The van der Waals surface area contributed by atoms with E-state index in [9.17, 15) is 4.79 Å². The Labute approximate surface area is 189 Å². The van der Waals surface area contributed by atoms with Gasteiger partial charge in [0.25, 0.3) is 5.91 Å². The van der Waals surface area contributed by atoms with E-state index in [0.717, 1.165) is 49.1 Å². The molecule has 0 radical (unpaired) electrons. The van der Waals surface area contributed by atoms with Crippen LogP contribution in [0.15, 0.2) is 73.4 Å². The number of nitrogens with one attached hydrogen (secondary N) is 2. The molecule has 4 aromatic rings. The van der Waals surface area contributed by atoms with Gasteiger partial charge in [-0.1, -0.05) is 11.3 Å². The fourth-order valence-corrected chi connectivity index (χ4v) is 4.19. The van der Waals surface area contributed by atoms with Gasteiger partial charge in [0.15, 0.2) is 5.13 Å². The van der Waals surface area contributed by atoms with Crippen LogP contribution in [0.25, 0.3) is 5.69 Å². The van der Waals surface area contributed by atoms with E-state index in [2.05, 4.69) is 25.5 Å². The second-order valence-electron chi connectivity index (χ2n) is 7.27. The average molecular weight is 447 g/mol. The van der Waals surface area contributed by atoms with Gasteiger partial charge in [0.2, 0.25) is 0 Å². The minimum absolute atomic E-state index is 0.176. The van der Waals surface area contributed by atoms with Gasteiger partial charge >= 0.3 is 0 Å². The summed E-state index contributed by atoms with van der Waals surface area (Å²) in [6, 6.07) is 15.8. The van der Waals surface area contributed by atoms with Crippen molar-refractivity contribution in [2.75, 3.05) is 41.8 Å². The fraction of sp³-hybridized carbons (Fsp3) is 0.174. The molecule has 5 rings (SSSR count). The van der Waals surface area contributed by atoms with Gasteiger partial charge in [-0.05, 0) is 48.5 Å². The summed E-state index contributed by atoms with van der Waals surface area (Å²) in [4.78, 5) is 23.8. The third-order valence-corrected chi connectivity index (χ3v) is 6.06. The Hall–Kier alpha value is -3.69. The number of anilines is 4. The molecule has 2 N–H and O–H groups in total. The molecule has 1 saturated heterocycles. The first-order valence-electron chi connectivity index (χ1n) is 10.3. The number of hydrogen-bond acceptors (Lipinski definition) is 7. The fourth-order valence-electron chi connectivity index (χ4n) is 3.46. The highest BCUT2D eigenvalue weighted by atomic mass is 32.1. The first kappa shape index (κ1) is 20.2. The van der Waals surface area contributed by atoms with Gasteiger partial charge in [-0.15, -0.1) is 0 Å². The van der Waals surface area contributed by atoms with Crippen LogP contribution in [-0.4, -0.2) is 46.7 Å². The number of morpholine rings is 1. The first-order chi connectivity index (χ1) is 15.7. The Kier molecular flexibility index (Phi) is 5.82. The van der Waals surface area contributed by atoms with Crippen LogP contribution in [-0.2, 0) is 4.74 Å². The van der Waals surface area contributed by atoms with E-state index in [1.165, 1.54) is 11.3 Å².